The highest BCUT2D eigenvalue weighted by molar-refractivity contribution is 6.35. The van der Waals surface area contributed by atoms with Crippen LogP contribution in [0.3, 0.4) is 0 Å². The predicted molar refractivity (Wildman–Crippen MR) is 85.2 cm³/mol. The van der Waals surface area contributed by atoms with Gasteiger partial charge in [0, 0.05) is 18.1 Å². The largest absolute Gasteiger partial charge is 0.390 e. The van der Waals surface area contributed by atoms with Crippen LogP contribution in [0.15, 0.2) is 18.2 Å². The molecule has 21 heavy (non-hydrogen) atoms. The van der Waals surface area contributed by atoms with Crippen molar-refractivity contribution in [2.75, 3.05) is 31.5 Å². The van der Waals surface area contributed by atoms with Gasteiger partial charge in [-0.1, -0.05) is 23.2 Å². The zero-order valence-corrected chi connectivity index (χ0v) is 13.1. The van der Waals surface area contributed by atoms with Gasteiger partial charge < -0.3 is 20.6 Å². The number of nitrogens with zero attached hydrogens (tertiary/aromatic N) is 1. The summed E-state index contributed by atoms with van der Waals surface area (Å²) in [4.78, 5) is 14.0. The Hall–Kier alpha value is -1.01. The third kappa shape index (κ3) is 5.36. The molecule has 7 heteroatoms. The van der Waals surface area contributed by atoms with Gasteiger partial charge in [-0.3, -0.25) is 0 Å². The van der Waals surface area contributed by atoms with Crippen LogP contribution in [-0.2, 0) is 0 Å². The zero-order valence-electron chi connectivity index (χ0n) is 11.6. The van der Waals surface area contributed by atoms with Crippen LogP contribution in [0.25, 0.3) is 0 Å². The summed E-state index contributed by atoms with van der Waals surface area (Å²) in [7, 11) is 0. The number of hydrogen-bond donors (Lipinski definition) is 3. The molecule has 3 N–H and O–H groups in total. The molecule has 1 aliphatic heterocycles. The maximum atomic E-state index is 11.8. The number of carbonyl (C=O) groups excluding carboxylic acids is 1. The molecular weight excluding hydrogens is 313 g/mol. The predicted octanol–water partition coefficient (Wildman–Crippen LogP) is 2.57. The lowest BCUT2D eigenvalue weighted by atomic mass is 10.3. The van der Waals surface area contributed by atoms with E-state index in [1.54, 1.807) is 18.2 Å². The summed E-state index contributed by atoms with van der Waals surface area (Å²) in [5.74, 6) is 0. The monoisotopic (exact) mass is 331 g/mol. The van der Waals surface area contributed by atoms with E-state index < -0.39 is 12.1 Å². The normalized spacial score (nSPS) is 16.7. The summed E-state index contributed by atoms with van der Waals surface area (Å²) in [6.45, 7) is 2.81. The van der Waals surface area contributed by atoms with Crippen LogP contribution in [0, 0.1) is 0 Å². The fourth-order valence-electron chi connectivity index (χ4n) is 2.30. The van der Waals surface area contributed by atoms with Crippen LogP contribution in [0.4, 0.5) is 10.5 Å². The second-order valence-corrected chi connectivity index (χ2v) is 5.96. The molecule has 0 saturated carbocycles. The van der Waals surface area contributed by atoms with Crippen LogP contribution in [0.1, 0.15) is 12.8 Å². The summed E-state index contributed by atoms with van der Waals surface area (Å²) in [5, 5.41) is 16.0. The Morgan fingerprint density at radius 3 is 2.76 bits per heavy atom. The maximum absolute atomic E-state index is 11.8. The van der Waals surface area contributed by atoms with Crippen molar-refractivity contribution in [3.8, 4) is 0 Å². The van der Waals surface area contributed by atoms with Crippen molar-refractivity contribution in [1.29, 1.82) is 0 Å². The van der Waals surface area contributed by atoms with Crippen molar-refractivity contribution in [1.82, 2.24) is 10.2 Å². The first-order valence-electron chi connectivity index (χ1n) is 6.95. The van der Waals surface area contributed by atoms with Crippen molar-refractivity contribution in [3.63, 3.8) is 0 Å². The lowest BCUT2D eigenvalue weighted by Crippen LogP contribution is -2.40. The fraction of sp³-hybridized carbons (Fsp3) is 0.500. The number of likely N-dealkylation sites (tertiary alicyclic amines) is 1. The van der Waals surface area contributed by atoms with Gasteiger partial charge in [0.15, 0.2) is 0 Å². The Labute approximate surface area is 134 Å². The molecule has 1 unspecified atom stereocenters. The zero-order chi connectivity index (χ0) is 15.2. The van der Waals surface area contributed by atoms with Crippen LogP contribution >= 0.6 is 23.2 Å². The number of hydrogen-bond acceptors (Lipinski definition) is 3. The van der Waals surface area contributed by atoms with Gasteiger partial charge in [-0.05, 0) is 44.1 Å². The van der Waals surface area contributed by atoms with E-state index in [0.29, 0.717) is 22.3 Å². The second-order valence-electron chi connectivity index (χ2n) is 5.12. The van der Waals surface area contributed by atoms with E-state index in [-0.39, 0.29) is 6.54 Å². The van der Waals surface area contributed by atoms with E-state index in [1.165, 1.54) is 12.8 Å². The molecule has 0 radical (unpaired) electrons. The van der Waals surface area contributed by atoms with Crippen LogP contribution < -0.4 is 10.6 Å². The Kier molecular flexibility index (Phi) is 6.11. The van der Waals surface area contributed by atoms with E-state index in [4.69, 9.17) is 23.2 Å². The molecule has 1 fully saturated rings. The smallest absolute Gasteiger partial charge is 0.319 e. The molecule has 2 amide bonds. The summed E-state index contributed by atoms with van der Waals surface area (Å²) in [6.07, 6.45) is 1.77. The Bertz CT molecular complexity index is 493. The molecule has 1 saturated heterocycles. The number of urea groups is 1. The fourth-order valence-corrected chi connectivity index (χ4v) is 2.63. The van der Waals surface area contributed by atoms with Crippen molar-refractivity contribution in [2.24, 2.45) is 0 Å². The van der Waals surface area contributed by atoms with Gasteiger partial charge in [0.1, 0.15) is 0 Å². The highest BCUT2D eigenvalue weighted by Crippen LogP contribution is 2.25. The molecule has 1 aliphatic rings. The van der Waals surface area contributed by atoms with Crippen molar-refractivity contribution < 1.29 is 9.90 Å². The molecule has 1 aromatic rings. The van der Waals surface area contributed by atoms with Gasteiger partial charge in [-0.2, -0.15) is 0 Å². The van der Waals surface area contributed by atoms with Crippen molar-refractivity contribution in [3.05, 3.63) is 28.2 Å². The first-order chi connectivity index (χ1) is 10.0. The number of halogens is 2. The average molecular weight is 332 g/mol. The number of benzene rings is 1. The van der Waals surface area contributed by atoms with E-state index >= 15 is 0 Å². The Morgan fingerprint density at radius 2 is 2.05 bits per heavy atom. The van der Waals surface area contributed by atoms with Crippen LogP contribution in [0.5, 0.6) is 0 Å². The minimum Gasteiger partial charge on any atom is -0.390 e. The molecule has 1 heterocycles. The molecule has 0 aliphatic carbocycles. The minimum absolute atomic E-state index is 0.195. The van der Waals surface area contributed by atoms with E-state index in [2.05, 4.69) is 15.5 Å². The number of rotatable bonds is 5. The molecule has 1 atom stereocenters. The number of nitrogens with one attached hydrogen (secondary N) is 2. The number of anilines is 1. The number of aliphatic hydroxyl groups excluding tert-OH is 1. The SMILES string of the molecule is O=C(NCC(O)CN1CCCC1)Nc1cc(Cl)ccc1Cl. The highest BCUT2D eigenvalue weighted by atomic mass is 35.5. The molecule has 0 spiro atoms. The van der Waals surface area contributed by atoms with Crippen LogP contribution in [0.2, 0.25) is 10.0 Å². The third-order valence-electron chi connectivity index (χ3n) is 3.34. The molecule has 0 bridgehead atoms. The summed E-state index contributed by atoms with van der Waals surface area (Å²) < 4.78 is 0. The van der Waals surface area contributed by atoms with Gasteiger partial charge >= 0.3 is 6.03 Å². The van der Waals surface area contributed by atoms with E-state index in [1.807, 2.05) is 0 Å². The molecule has 1 aromatic carbocycles. The number of carbonyl (C=O) groups is 1. The molecule has 0 aromatic heterocycles. The highest BCUT2D eigenvalue weighted by Gasteiger charge is 2.16. The van der Waals surface area contributed by atoms with E-state index in [9.17, 15) is 9.90 Å². The summed E-state index contributed by atoms with van der Waals surface area (Å²) >= 11 is 11.8. The lowest BCUT2D eigenvalue weighted by molar-refractivity contribution is 0.125. The van der Waals surface area contributed by atoms with E-state index in [0.717, 1.165) is 13.1 Å². The van der Waals surface area contributed by atoms with Crippen molar-refractivity contribution in [2.45, 2.75) is 18.9 Å². The number of β-amino-alcohol motifs (C(OH)–C–C–N with tert-alkyl or cyclic N) is 1. The summed E-state index contributed by atoms with van der Waals surface area (Å²) in [6, 6.07) is 4.41. The first kappa shape index (κ1) is 16.4. The molecule has 5 nitrogen and oxygen atoms in total. The standard InChI is InChI=1S/C14H19Cl2N3O2/c15-10-3-4-12(16)13(7-10)18-14(21)17-8-11(20)9-19-5-1-2-6-19/h3-4,7,11,20H,1-2,5-6,8-9H2,(H2,17,18,21). The molecule has 116 valence electrons. The number of aliphatic hydroxyl groups is 1. The lowest BCUT2D eigenvalue weighted by Gasteiger charge is -2.19. The maximum Gasteiger partial charge on any atom is 0.319 e. The second kappa shape index (κ2) is 7.84. The quantitative estimate of drug-likeness (QED) is 0.776. The summed E-state index contributed by atoms with van der Waals surface area (Å²) in [5.41, 5.74) is 0.440. The van der Waals surface area contributed by atoms with Gasteiger partial charge in [0.25, 0.3) is 0 Å². The topological polar surface area (TPSA) is 64.6 Å². The Balaban J connectivity index is 1.75. The Morgan fingerprint density at radius 1 is 1.33 bits per heavy atom. The number of amides is 2. The van der Waals surface area contributed by atoms with Crippen molar-refractivity contribution >= 4 is 34.9 Å². The first-order valence-corrected chi connectivity index (χ1v) is 7.70. The third-order valence-corrected chi connectivity index (χ3v) is 3.91. The van der Waals surface area contributed by atoms with Gasteiger partial charge in [-0.15, -0.1) is 0 Å². The average Bonchev–Trinajstić information content (AvgIpc) is 2.93. The minimum atomic E-state index is -0.580. The van der Waals surface area contributed by atoms with Gasteiger partial charge in [-0.25, -0.2) is 4.79 Å². The van der Waals surface area contributed by atoms with Gasteiger partial charge in [0.05, 0.1) is 16.8 Å². The molecule has 2 rings (SSSR count). The van der Waals surface area contributed by atoms with Gasteiger partial charge in [0.2, 0.25) is 0 Å². The molecular formula is C14H19Cl2N3O2. The van der Waals surface area contributed by atoms with Crippen LogP contribution in [-0.4, -0.2) is 48.3 Å².